The number of nitrogens with zero attached hydrogens (tertiary/aromatic N) is 3. The molecule has 0 saturated heterocycles. The average Bonchev–Trinajstić information content (AvgIpc) is 2.93. The molecule has 0 saturated carbocycles. The summed E-state index contributed by atoms with van der Waals surface area (Å²) in [6.07, 6.45) is 4.39. The van der Waals surface area contributed by atoms with Crippen molar-refractivity contribution in [1.82, 2.24) is 10.4 Å². The van der Waals surface area contributed by atoms with Gasteiger partial charge in [-0.2, -0.15) is 5.10 Å². The van der Waals surface area contributed by atoms with Crippen LogP contribution in [0.25, 0.3) is 0 Å². The fraction of sp³-hybridized carbons (Fsp3) is 0.107. The number of aromatic nitrogens is 1. The second-order valence-corrected chi connectivity index (χ2v) is 10.0. The van der Waals surface area contributed by atoms with Crippen LogP contribution in [0.15, 0.2) is 113 Å². The number of sulfonamides is 1. The molecule has 1 aromatic heterocycles. The molecule has 188 valence electrons. The molecule has 1 N–H and O–H groups in total. The van der Waals surface area contributed by atoms with Crippen LogP contribution in [0.2, 0.25) is 0 Å². The zero-order valence-corrected chi connectivity index (χ0v) is 21.0. The molecule has 4 rings (SSSR count). The molecule has 0 aliphatic rings. The van der Waals surface area contributed by atoms with Gasteiger partial charge in [0.05, 0.1) is 23.0 Å². The number of carbonyl (C=O) groups is 1. The Labute approximate surface area is 216 Å². The fourth-order valence-corrected chi connectivity index (χ4v) is 4.81. The molecule has 0 spiro atoms. The van der Waals surface area contributed by atoms with E-state index in [2.05, 4.69) is 15.5 Å². The molecule has 0 bridgehead atoms. The minimum Gasteiger partial charge on any atom is -0.489 e. The lowest BCUT2D eigenvalue weighted by atomic mass is 10.2. The third-order valence-electron chi connectivity index (χ3n) is 5.36. The van der Waals surface area contributed by atoms with Crippen molar-refractivity contribution in [1.29, 1.82) is 0 Å². The van der Waals surface area contributed by atoms with Gasteiger partial charge >= 0.3 is 0 Å². The lowest BCUT2D eigenvalue weighted by molar-refractivity contribution is -0.119. The Bertz CT molecular complexity index is 1440. The Kier molecular flexibility index (Phi) is 8.27. The highest BCUT2D eigenvalue weighted by molar-refractivity contribution is 7.92. The summed E-state index contributed by atoms with van der Waals surface area (Å²) in [5.41, 5.74) is 5.68. The highest BCUT2D eigenvalue weighted by Crippen LogP contribution is 2.22. The number of ether oxygens (including phenoxy) is 1. The van der Waals surface area contributed by atoms with Crippen LogP contribution in [0, 0.1) is 6.92 Å². The van der Waals surface area contributed by atoms with Gasteiger partial charge in [-0.05, 0) is 66.6 Å². The van der Waals surface area contributed by atoms with E-state index < -0.39 is 22.5 Å². The number of hydrogen-bond acceptors (Lipinski definition) is 6. The molecule has 0 aliphatic carbocycles. The van der Waals surface area contributed by atoms with E-state index in [1.165, 1.54) is 36.3 Å². The van der Waals surface area contributed by atoms with Crippen molar-refractivity contribution in [3.63, 3.8) is 0 Å². The van der Waals surface area contributed by atoms with Crippen molar-refractivity contribution in [3.8, 4) is 5.75 Å². The monoisotopic (exact) mass is 514 g/mol. The Morgan fingerprint density at radius 2 is 1.70 bits per heavy atom. The van der Waals surface area contributed by atoms with Crippen LogP contribution < -0.4 is 14.5 Å². The molecular formula is C28H26N4O4S. The lowest BCUT2D eigenvalue weighted by Gasteiger charge is -2.23. The zero-order valence-electron chi connectivity index (χ0n) is 20.2. The molecule has 9 heteroatoms. The van der Waals surface area contributed by atoms with Crippen LogP contribution in [0.1, 0.15) is 16.7 Å². The second kappa shape index (κ2) is 12.0. The van der Waals surface area contributed by atoms with Crippen LogP contribution in [-0.4, -0.2) is 32.1 Å². The minimum atomic E-state index is -3.99. The van der Waals surface area contributed by atoms with Crippen molar-refractivity contribution < 1.29 is 17.9 Å². The predicted molar refractivity (Wildman–Crippen MR) is 143 cm³/mol. The highest BCUT2D eigenvalue weighted by Gasteiger charge is 2.27. The third kappa shape index (κ3) is 7.02. The van der Waals surface area contributed by atoms with E-state index in [1.807, 2.05) is 55.5 Å². The maximum Gasteiger partial charge on any atom is 0.264 e. The fourth-order valence-electron chi connectivity index (χ4n) is 3.38. The summed E-state index contributed by atoms with van der Waals surface area (Å²) in [5, 5.41) is 3.97. The highest BCUT2D eigenvalue weighted by atomic mass is 32.2. The summed E-state index contributed by atoms with van der Waals surface area (Å²) in [6.45, 7) is 2.03. The van der Waals surface area contributed by atoms with E-state index in [9.17, 15) is 13.2 Å². The van der Waals surface area contributed by atoms with Gasteiger partial charge in [-0.15, -0.1) is 0 Å². The molecule has 1 heterocycles. The molecule has 4 aromatic rings. The number of rotatable bonds is 10. The molecule has 3 aromatic carbocycles. The van der Waals surface area contributed by atoms with Crippen molar-refractivity contribution in [2.75, 3.05) is 10.8 Å². The summed E-state index contributed by atoms with van der Waals surface area (Å²) < 4.78 is 33.2. The first-order chi connectivity index (χ1) is 17.9. The molecule has 37 heavy (non-hydrogen) atoms. The van der Waals surface area contributed by atoms with Gasteiger partial charge in [0.15, 0.2) is 0 Å². The maximum absolute atomic E-state index is 13.2. The summed E-state index contributed by atoms with van der Waals surface area (Å²) in [6, 6.07) is 26.5. The molecule has 0 unspecified atom stereocenters. The summed E-state index contributed by atoms with van der Waals surface area (Å²) in [7, 11) is -3.99. The smallest absolute Gasteiger partial charge is 0.264 e. The molecule has 0 atom stereocenters. The average molecular weight is 515 g/mol. The first kappa shape index (κ1) is 25.6. The SMILES string of the molecule is Cc1ccc(COc2ccc(/C=N\NC(=O)CN(c3cccnc3)S(=O)(=O)c3ccccc3)cc2)cc1. The van der Waals surface area contributed by atoms with E-state index >= 15 is 0 Å². The Morgan fingerprint density at radius 1 is 0.973 bits per heavy atom. The van der Waals surface area contributed by atoms with Gasteiger partial charge in [-0.1, -0.05) is 48.0 Å². The predicted octanol–water partition coefficient (Wildman–Crippen LogP) is 4.31. The van der Waals surface area contributed by atoms with E-state index in [4.69, 9.17) is 4.74 Å². The summed E-state index contributed by atoms with van der Waals surface area (Å²) in [5.74, 6) is 0.109. The van der Waals surface area contributed by atoms with Crippen molar-refractivity contribution in [3.05, 3.63) is 120 Å². The number of nitrogens with one attached hydrogen (secondary N) is 1. The molecule has 0 fully saturated rings. The normalized spacial score (nSPS) is 11.3. The summed E-state index contributed by atoms with van der Waals surface area (Å²) >= 11 is 0. The Hall–Kier alpha value is -4.50. The van der Waals surface area contributed by atoms with E-state index in [0.717, 1.165) is 15.4 Å². The number of pyridine rings is 1. The van der Waals surface area contributed by atoms with Crippen LogP contribution >= 0.6 is 0 Å². The van der Waals surface area contributed by atoms with Gasteiger partial charge in [0.2, 0.25) is 0 Å². The first-order valence-corrected chi connectivity index (χ1v) is 12.9. The van der Waals surface area contributed by atoms with Crippen molar-refractivity contribution in [2.24, 2.45) is 5.10 Å². The van der Waals surface area contributed by atoms with Gasteiger partial charge in [0, 0.05) is 6.20 Å². The molecule has 0 aliphatic heterocycles. The van der Waals surface area contributed by atoms with Gasteiger partial charge in [-0.25, -0.2) is 13.8 Å². The minimum absolute atomic E-state index is 0.0693. The molecule has 1 amide bonds. The number of carbonyl (C=O) groups excluding carboxylic acids is 1. The van der Waals surface area contributed by atoms with Gasteiger partial charge in [0.25, 0.3) is 15.9 Å². The zero-order chi connectivity index (χ0) is 26.1. The van der Waals surface area contributed by atoms with Gasteiger partial charge in [-0.3, -0.25) is 14.1 Å². The van der Waals surface area contributed by atoms with Crippen molar-refractivity contribution in [2.45, 2.75) is 18.4 Å². The van der Waals surface area contributed by atoms with Gasteiger partial charge in [0.1, 0.15) is 18.9 Å². The maximum atomic E-state index is 13.2. The van der Waals surface area contributed by atoms with E-state index in [1.54, 1.807) is 30.3 Å². The Morgan fingerprint density at radius 3 is 2.38 bits per heavy atom. The number of hydrazone groups is 1. The molecular weight excluding hydrogens is 488 g/mol. The van der Waals surface area contributed by atoms with E-state index in [0.29, 0.717) is 12.4 Å². The second-order valence-electron chi connectivity index (χ2n) is 8.17. The number of amides is 1. The van der Waals surface area contributed by atoms with Gasteiger partial charge < -0.3 is 4.74 Å². The first-order valence-electron chi connectivity index (χ1n) is 11.5. The van der Waals surface area contributed by atoms with Crippen LogP contribution in [0.5, 0.6) is 5.75 Å². The number of anilines is 1. The summed E-state index contributed by atoms with van der Waals surface area (Å²) in [4.78, 5) is 16.7. The lowest BCUT2D eigenvalue weighted by Crippen LogP contribution is -2.39. The van der Waals surface area contributed by atoms with Crippen LogP contribution in [0.4, 0.5) is 5.69 Å². The van der Waals surface area contributed by atoms with Crippen LogP contribution in [-0.2, 0) is 21.4 Å². The Balaban J connectivity index is 1.37. The standard InChI is InChI=1S/C28H26N4O4S/c1-22-9-11-24(12-10-22)21-36-26-15-13-23(14-16-26)18-30-31-28(33)20-32(25-6-5-17-29-19-25)37(34,35)27-7-3-2-4-8-27/h2-19H,20-21H2,1H3,(H,31,33)/b30-18-. The molecule has 8 nitrogen and oxygen atoms in total. The number of benzene rings is 3. The largest absolute Gasteiger partial charge is 0.489 e. The van der Waals surface area contributed by atoms with Crippen molar-refractivity contribution >= 4 is 27.8 Å². The quantitative estimate of drug-likeness (QED) is 0.251. The third-order valence-corrected chi connectivity index (χ3v) is 7.15. The molecule has 0 radical (unpaired) electrons. The topological polar surface area (TPSA) is 101 Å². The number of aryl methyl sites for hydroxylation is 1. The number of hydrogen-bond donors (Lipinski definition) is 1. The van der Waals surface area contributed by atoms with E-state index in [-0.39, 0.29) is 10.6 Å². The van der Waals surface area contributed by atoms with Crippen LogP contribution in [0.3, 0.4) is 0 Å².